The lowest BCUT2D eigenvalue weighted by molar-refractivity contribution is -0.134. The van der Waals surface area contributed by atoms with E-state index in [-0.39, 0.29) is 0 Å². The Balaban J connectivity index is 0.000000433. The molecule has 1 aliphatic heterocycles. The van der Waals surface area contributed by atoms with Crippen molar-refractivity contribution in [3.63, 3.8) is 0 Å². The highest BCUT2D eigenvalue weighted by molar-refractivity contribution is 6.02. The zero-order chi connectivity index (χ0) is 16.9. The highest BCUT2D eigenvalue weighted by atomic mass is 16.4. The number of nitrogens with one attached hydrogen (secondary N) is 2. The molecule has 0 fully saturated rings. The van der Waals surface area contributed by atoms with Crippen molar-refractivity contribution in [2.45, 2.75) is 26.4 Å². The molecular weight excluding hydrogens is 294 g/mol. The first-order valence-corrected chi connectivity index (χ1v) is 7.07. The van der Waals surface area contributed by atoms with Crippen LogP contribution in [0.25, 0.3) is 10.9 Å². The number of carboxylic acid groups (broad SMARTS) is 1. The van der Waals surface area contributed by atoms with Crippen molar-refractivity contribution >= 4 is 34.9 Å². The summed E-state index contributed by atoms with van der Waals surface area (Å²) in [4.78, 5) is 22.1. The van der Waals surface area contributed by atoms with Gasteiger partial charge in [-0.1, -0.05) is 18.2 Å². The molecule has 3 rings (SSSR count). The standard InChI is InChI=1S/C14H15N5.C2H4O2/c1-14(2)17-9-16-13(19-14)18-11-7-10-5-3-4-6-12(10)15-8-11;1-2(3)4/h3-9H,1-2H3,(H2,16,17,18,19);1H3,(H,3,4). The lowest BCUT2D eigenvalue weighted by atomic mass is 10.2. The van der Waals surface area contributed by atoms with E-state index in [4.69, 9.17) is 9.90 Å². The number of para-hydroxylation sites is 1. The van der Waals surface area contributed by atoms with Crippen LogP contribution in [0.15, 0.2) is 46.5 Å². The molecule has 0 saturated carbocycles. The number of pyridine rings is 1. The van der Waals surface area contributed by atoms with Crippen molar-refractivity contribution < 1.29 is 9.90 Å². The maximum absolute atomic E-state index is 9.00. The van der Waals surface area contributed by atoms with Gasteiger partial charge in [-0.3, -0.25) is 9.78 Å². The van der Waals surface area contributed by atoms with Crippen LogP contribution in [0.5, 0.6) is 0 Å². The van der Waals surface area contributed by atoms with Crippen LogP contribution < -0.4 is 10.6 Å². The molecule has 0 spiro atoms. The molecule has 0 radical (unpaired) electrons. The van der Waals surface area contributed by atoms with E-state index in [1.165, 1.54) is 0 Å². The van der Waals surface area contributed by atoms with Crippen LogP contribution in [0.1, 0.15) is 20.8 Å². The molecule has 1 aromatic heterocycles. The fourth-order valence-electron chi connectivity index (χ4n) is 1.93. The van der Waals surface area contributed by atoms with Gasteiger partial charge in [-0.2, -0.15) is 0 Å². The van der Waals surface area contributed by atoms with E-state index in [0.29, 0.717) is 5.96 Å². The average Bonchev–Trinajstić information content (AvgIpc) is 2.45. The summed E-state index contributed by atoms with van der Waals surface area (Å²) >= 11 is 0. The Morgan fingerprint density at radius 1 is 1.30 bits per heavy atom. The first-order valence-electron chi connectivity index (χ1n) is 7.07. The Hall–Kier alpha value is -2.96. The van der Waals surface area contributed by atoms with Gasteiger partial charge in [0.05, 0.1) is 23.7 Å². The van der Waals surface area contributed by atoms with Crippen LogP contribution >= 0.6 is 0 Å². The van der Waals surface area contributed by atoms with Crippen molar-refractivity contribution in [3.05, 3.63) is 36.5 Å². The predicted octanol–water partition coefficient (Wildman–Crippen LogP) is 2.46. The van der Waals surface area contributed by atoms with E-state index in [1.807, 2.05) is 44.2 Å². The lowest BCUT2D eigenvalue weighted by Gasteiger charge is -2.21. The maximum Gasteiger partial charge on any atom is 0.300 e. The number of aliphatic carboxylic acids is 1. The summed E-state index contributed by atoms with van der Waals surface area (Å²) in [5, 5.41) is 14.7. The minimum atomic E-state index is -0.833. The summed E-state index contributed by atoms with van der Waals surface area (Å²) in [6, 6.07) is 10.1. The fraction of sp³-hybridized carbons (Fsp3) is 0.250. The molecule has 0 amide bonds. The number of guanidine groups is 1. The molecule has 7 nitrogen and oxygen atoms in total. The van der Waals surface area contributed by atoms with Gasteiger partial charge in [0, 0.05) is 12.3 Å². The van der Waals surface area contributed by atoms with Gasteiger partial charge in [-0.25, -0.2) is 9.98 Å². The van der Waals surface area contributed by atoms with Crippen molar-refractivity contribution in [3.8, 4) is 0 Å². The molecule has 2 heterocycles. The summed E-state index contributed by atoms with van der Waals surface area (Å²) in [6.07, 6.45) is 3.45. The van der Waals surface area contributed by atoms with Crippen LogP contribution in [0.3, 0.4) is 0 Å². The highest BCUT2D eigenvalue weighted by Crippen LogP contribution is 2.17. The van der Waals surface area contributed by atoms with E-state index < -0.39 is 11.6 Å². The number of hydrogen-bond donors (Lipinski definition) is 3. The molecule has 120 valence electrons. The van der Waals surface area contributed by atoms with E-state index in [9.17, 15) is 0 Å². The monoisotopic (exact) mass is 313 g/mol. The number of carboxylic acids is 1. The molecule has 0 atom stereocenters. The minimum Gasteiger partial charge on any atom is -0.481 e. The molecule has 7 heteroatoms. The van der Waals surface area contributed by atoms with E-state index in [2.05, 4.69) is 25.6 Å². The quantitative estimate of drug-likeness (QED) is 0.751. The Morgan fingerprint density at radius 3 is 2.70 bits per heavy atom. The number of carbonyl (C=O) groups is 1. The highest BCUT2D eigenvalue weighted by Gasteiger charge is 2.18. The van der Waals surface area contributed by atoms with Gasteiger partial charge >= 0.3 is 0 Å². The number of hydrogen-bond acceptors (Lipinski definition) is 6. The second-order valence-electron chi connectivity index (χ2n) is 5.42. The number of nitrogens with zero attached hydrogens (tertiary/aromatic N) is 3. The van der Waals surface area contributed by atoms with E-state index >= 15 is 0 Å². The number of anilines is 1. The van der Waals surface area contributed by atoms with Crippen LogP contribution in [0, 0.1) is 0 Å². The fourth-order valence-corrected chi connectivity index (χ4v) is 1.93. The van der Waals surface area contributed by atoms with Gasteiger partial charge in [0.2, 0.25) is 5.96 Å². The Kier molecular flexibility index (Phi) is 4.90. The normalized spacial score (nSPS) is 15.0. The Morgan fingerprint density at radius 2 is 2.00 bits per heavy atom. The van der Waals surface area contributed by atoms with Gasteiger partial charge in [0.25, 0.3) is 5.97 Å². The molecule has 1 aromatic carbocycles. The molecule has 0 unspecified atom stereocenters. The summed E-state index contributed by atoms with van der Waals surface area (Å²) in [5.41, 5.74) is 1.45. The van der Waals surface area contributed by atoms with E-state index in [1.54, 1.807) is 12.5 Å². The first kappa shape index (κ1) is 16.4. The third kappa shape index (κ3) is 5.06. The van der Waals surface area contributed by atoms with Crippen LogP contribution in [-0.4, -0.2) is 34.0 Å². The Bertz CT molecular complexity index is 764. The molecule has 3 N–H and O–H groups in total. The SMILES string of the molecule is CC(=O)O.CC1(C)N=CNC(Nc2cnc3ccccc3c2)=N1. The summed E-state index contributed by atoms with van der Waals surface area (Å²) in [7, 11) is 0. The molecular formula is C16H19N5O2. The molecule has 1 aliphatic rings. The number of aliphatic imine (C=N–C) groups is 2. The van der Waals surface area contributed by atoms with E-state index in [0.717, 1.165) is 23.5 Å². The second kappa shape index (κ2) is 6.87. The number of fused-ring (bicyclic) bond motifs is 1. The second-order valence-corrected chi connectivity index (χ2v) is 5.42. The van der Waals surface area contributed by atoms with Gasteiger partial charge in [0.1, 0.15) is 5.66 Å². The van der Waals surface area contributed by atoms with Crippen LogP contribution in [0.4, 0.5) is 5.69 Å². The third-order valence-electron chi connectivity index (χ3n) is 2.82. The smallest absolute Gasteiger partial charge is 0.300 e. The number of aromatic nitrogens is 1. The molecule has 23 heavy (non-hydrogen) atoms. The van der Waals surface area contributed by atoms with Crippen molar-refractivity contribution in [1.29, 1.82) is 0 Å². The zero-order valence-electron chi connectivity index (χ0n) is 13.2. The Labute approximate surface area is 134 Å². The van der Waals surface area contributed by atoms with Crippen LogP contribution in [-0.2, 0) is 4.79 Å². The van der Waals surface area contributed by atoms with Gasteiger partial charge < -0.3 is 15.7 Å². The van der Waals surface area contributed by atoms with Crippen molar-refractivity contribution in [1.82, 2.24) is 10.3 Å². The summed E-state index contributed by atoms with van der Waals surface area (Å²) in [6.45, 7) is 4.98. The molecule has 0 saturated heterocycles. The topological polar surface area (TPSA) is 99.0 Å². The zero-order valence-corrected chi connectivity index (χ0v) is 13.2. The molecule has 0 aliphatic carbocycles. The van der Waals surface area contributed by atoms with Crippen molar-refractivity contribution in [2.75, 3.05) is 5.32 Å². The number of benzene rings is 1. The third-order valence-corrected chi connectivity index (χ3v) is 2.82. The summed E-state index contributed by atoms with van der Waals surface area (Å²) in [5.74, 6) is -0.155. The lowest BCUT2D eigenvalue weighted by Crippen LogP contribution is -2.37. The molecule has 2 aromatic rings. The average molecular weight is 313 g/mol. The maximum atomic E-state index is 9.00. The van der Waals surface area contributed by atoms with Gasteiger partial charge in [-0.05, 0) is 26.0 Å². The van der Waals surface area contributed by atoms with Gasteiger partial charge in [0.15, 0.2) is 0 Å². The van der Waals surface area contributed by atoms with Crippen molar-refractivity contribution in [2.24, 2.45) is 9.98 Å². The summed E-state index contributed by atoms with van der Waals surface area (Å²) < 4.78 is 0. The first-order chi connectivity index (χ1) is 10.9. The minimum absolute atomic E-state index is 0.433. The predicted molar refractivity (Wildman–Crippen MR) is 91.8 cm³/mol. The largest absolute Gasteiger partial charge is 0.481 e. The van der Waals surface area contributed by atoms with Crippen LogP contribution in [0.2, 0.25) is 0 Å². The number of rotatable bonds is 1. The van der Waals surface area contributed by atoms with Gasteiger partial charge in [-0.15, -0.1) is 0 Å². The molecule has 0 bridgehead atoms.